The van der Waals surface area contributed by atoms with Crippen LogP contribution >= 0.6 is 39.9 Å². The lowest BCUT2D eigenvalue weighted by molar-refractivity contribution is 0.561. The summed E-state index contributed by atoms with van der Waals surface area (Å²) in [6.07, 6.45) is 1.22. The van der Waals surface area contributed by atoms with Crippen LogP contribution in [0.2, 0.25) is 0 Å². The minimum Gasteiger partial charge on any atom is -0.371 e. The molecule has 1 fully saturated rings. The average molecular weight is 481 g/mol. The van der Waals surface area contributed by atoms with Gasteiger partial charge in [0.15, 0.2) is 5.96 Å². The van der Waals surface area contributed by atoms with Crippen LogP contribution in [0.3, 0.4) is 0 Å². The molecular weight excluding hydrogens is 455 g/mol. The van der Waals surface area contributed by atoms with Crippen LogP contribution < -0.4 is 15.5 Å². The summed E-state index contributed by atoms with van der Waals surface area (Å²) in [5.41, 5.74) is 1.31. The van der Waals surface area contributed by atoms with E-state index in [-0.39, 0.29) is 24.0 Å². The maximum Gasteiger partial charge on any atom is 0.191 e. The van der Waals surface area contributed by atoms with Crippen molar-refractivity contribution in [3.63, 3.8) is 0 Å². The van der Waals surface area contributed by atoms with Crippen molar-refractivity contribution in [1.29, 1.82) is 0 Å². The van der Waals surface area contributed by atoms with Gasteiger partial charge in [0.05, 0.1) is 0 Å². The molecule has 0 radical (unpaired) electrons. The van der Waals surface area contributed by atoms with Crippen LogP contribution in [0, 0.1) is 5.92 Å². The molecule has 1 saturated heterocycles. The van der Waals surface area contributed by atoms with Crippen molar-refractivity contribution in [1.82, 2.24) is 10.6 Å². The summed E-state index contributed by atoms with van der Waals surface area (Å²) in [4.78, 5) is 6.71. The molecule has 1 heterocycles. The maximum absolute atomic E-state index is 4.25. The van der Waals surface area contributed by atoms with Crippen LogP contribution in [0.15, 0.2) is 33.7 Å². The van der Waals surface area contributed by atoms with Gasteiger partial charge in [-0.05, 0) is 50.5 Å². The van der Waals surface area contributed by atoms with E-state index in [0.29, 0.717) is 12.0 Å². The third kappa shape index (κ3) is 5.95. The second kappa shape index (κ2) is 9.60. The Morgan fingerprint density at radius 3 is 2.64 bits per heavy atom. The van der Waals surface area contributed by atoms with Crippen molar-refractivity contribution >= 4 is 51.6 Å². The Bertz CT molecular complexity index is 476. The van der Waals surface area contributed by atoms with Gasteiger partial charge in [-0.1, -0.05) is 15.9 Å². The van der Waals surface area contributed by atoms with Crippen LogP contribution in [-0.2, 0) is 0 Å². The number of hydrogen-bond donors (Lipinski definition) is 2. The van der Waals surface area contributed by atoms with Crippen molar-refractivity contribution in [2.45, 2.75) is 26.3 Å². The summed E-state index contributed by atoms with van der Waals surface area (Å²) in [5, 5.41) is 6.75. The van der Waals surface area contributed by atoms with Gasteiger partial charge in [-0.2, -0.15) is 0 Å². The molecule has 22 heavy (non-hydrogen) atoms. The highest BCUT2D eigenvalue weighted by Gasteiger charge is 2.22. The van der Waals surface area contributed by atoms with E-state index < -0.39 is 0 Å². The van der Waals surface area contributed by atoms with Gasteiger partial charge in [0, 0.05) is 42.9 Å². The Morgan fingerprint density at radius 2 is 2.05 bits per heavy atom. The third-order valence-electron chi connectivity index (χ3n) is 3.68. The Hall–Kier alpha value is -0.500. The van der Waals surface area contributed by atoms with Crippen molar-refractivity contribution in [3.05, 3.63) is 28.7 Å². The first-order valence-electron chi connectivity index (χ1n) is 7.56. The summed E-state index contributed by atoms with van der Waals surface area (Å²) < 4.78 is 1.13. The Morgan fingerprint density at radius 1 is 1.36 bits per heavy atom. The largest absolute Gasteiger partial charge is 0.371 e. The normalized spacial score (nSPS) is 18.3. The van der Waals surface area contributed by atoms with Gasteiger partial charge in [-0.15, -0.1) is 24.0 Å². The zero-order valence-electron chi connectivity index (χ0n) is 13.5. The molecule has 1 unspecified atom stereocenters. The number of rotatable bonds is 4. The molecule has 0 bridgehead atoms. The molecule has 0 aromatic heterocycles. The topological polar surface area (TPSA) is 39.7 Å². The molecule has 1 aliphatic rings. The molecule has 0 amide bonds. The second-order valence-electron chi connectivity index (χ2n) is 5.83. The monoisotopic (exact) mass is 480 g/mol. The fourth-order valence-corrected chi connectivity index (χ4v) is 2.86. The fourth-order valence-electron chi connectivity index (χ4n) is 2.59. The first kappa shape index (κ1) is 19.5. The van der Waals surface area contributed by atoms with E-state index >= 15 is 0 Å². The molecule has 6 heteroatoms. The van der Waals surface area contributed by atoms with Crippen LogP contribution in [0.5, 0.6) is 0 Å². The molecule has 4 nitrogen and oxygen atoms in total. The molecule has 2 N–H and O–H groups in total. The van der Waals surface area contributed by atoms with E-state index in [0.717, 1.165) is 30.1 Å². The van der Waals surface area contributed by atoms with Gasteiger partial charge in [0.25, 0.3) is 0 Å². The smallest absolute Gasteiger partial charge is 0.191 e. The summed E-state index contributed by atoms with van der Waals surface area (Å²) in [7, 11) is 1.82. The van der Waals surface area contributed by atoms with Gasteiger partial charge in [0.1, 0.15) is 0 Å². The molecule has 1 aliphatic heterocycles. The zero-order valence-corrected chi connectivity index (χ0v) is 17.4. The average Bonchev–Trinajstić information content (AvgIpc) is 2.92. The van der Waals surface area contributed by atoms with E-state index in [2.05, 4.69) is 74.6 Å². The standard InChI is InChI=1S/C16H25BrN4.HI/c1-12(2)20-16(18-3)19-10-13-8-9-21(11-13)15-6-4-14(17)5-7-15;/h4-7,12-13H,8-11H2,1-3H3,(H2,18,19,20);1H. The molecule has 0 saturated carbocycles. The summed E-state index contributed by atoms with van der Waals surface area (Å²) in [5.74, 6) is 1.56. The van der Waals surface area contributed by atoms with E-state index in [1.807, 2.05) is 7.05 Å². The highest BCUT2D eigenvalue weighted by atomic mass is 127. The molecule has 0 aliphatic carbocycles. The van der Waals surface area contributed by atoms with E-state index in [9.17, 15) is 0 Å². The number of nitrogens with one attached hydrogen (secondary N) is 2. The quantitative estimate of drug-likeness (QED) is 0.393. The summed E-state index contributed by atoms with van der Waals surface area (Å²) in [6, 6.07) is 8.97. The molecule has 2 rings (SSSR count). The van der Waals surface area contributed by atoms with Crippen molar-refractivity contribution < 1.29 is 0 Å². The Kier molecular flexibility index (Phi) is 8.53. The van der Waals surface area contributed by atoms with Crippen molar-refractivity contribution in [2.24, 2.45) is 10.9 Å². The molecule has 1 atom stereocenters. The lowest BCUT2D eigenvalue weighted by Gasteiger charge is -2.20. The number of halogens is 2. The highest BCUT2D eigenvalue weighted by Crippen LogP contribution is 2.24. The first-order chi connectivity index (χ1) is 10.1. The number of benzene rings is 1. The first-order valence-corrected chi connectivity index (χ1v) is 8.35. The van der Waals surface area contributed by atoms with Crippen molar-refractivity contribution in [2.75, 3.05) is 31.6 Å². The van der Waals surface area contributed by atoms with Gasteiger partial charge in [-0.3, -0.25) is 4.99 Å². The van der Waals surface area contributed by atoms with E-state index in [4.69, 9.17) is 0 Å². The maximum atomic E-state index is 4.25. The van der Waals surface area contributed by atoms with E-state index in [1.165, 1.54) is 12.1 Å². The van der Waals surface area contributed by atoms with Crippen LogP contribution in [0.25, 0.3) is 0 Å². The predicted molar refractivity (Wildman–Crippen MR) is 110 cm³/mol. The van der Waals surface area contributed by atoms with Gasteiger partial charge in [-0.25, -0.2) is 0 Å². The lowest BCUT2D eigenvalue weighted by Crippen LogP contribution is -2.43. The molecule has 124 valence electrons. The third-order valence-corrected chi connectivity index (χ3v) is 4.21. The number of nitrogens with zero attached hydrogens (tertiary/aromatic N) is 2. The molecule has 1 aromatic rings. The highest BCUT2D eigenvalue weighted by molar-refractivity contribution is 14.0. The van der Waals surface area contributed by atoms with Crippen LogP contribution in [-0.4, -0.2) is 38.7 Å². The Labute approximate surface area is 159 Å². The predicted octanol–water partition coefficient (Wildman–Crippen LogP) is 3.47. The summed E-state index contributed by atoms with van der Waals surface area (Å²) >= 11 is 3.49. The van der Waals surface area contributed by atoms with Crippen LogP contribution in [0.1, 0.15) is 20.3 Å². The van der Waals surface area contributed by atoms with Crippen molar-refractivity contribution in [3.8, 4) is 0 Å². The Balaban J connectivity index is 0.00000242. The second-order valence-corrected chi connectivity index (χ2v) is 6.74. The van der Waals surface area contributed by atoms with Gasteiger partial charge >= 0.3 is 0 Å². The molecule has 1 aromatic carbocycles. The molecular formula is C16H26BrIN4. The number of anilines is 1. The lowest BCUT2D eigenvalue weighted by atomic mass is 10.1. The molecule has 0 spiro atoms. The number of hydrogen-bond acceptors (Lipinski definition) is 2. The zero-order chi connectivity index (χ0) is 15.2. The fraction of sp³-hybridized carbons (Fsp3) is 0.562. The summed E-state index contributed by atoms with van der Waals surface area (Å²) in [6.45, 7) is 7.45. The number of guanidine groups is 1. The van der Waals surface area contributed by atoms with Crippen LogP contribution in [0.4, 0.5) is 5.69 Å². The minimum atomic E-state index is 0. The minimum absolute atomic E-state index is 0. The SMILES string of the molecule is CN=C(NCC1CCN(c2ccc(Br)cc2)C1)NC(C)C.I. The van der Waals surface area contributed by atoms with Gasteiger partial charge in [0.2, 0.25) is 0 Å². The van der Waals surface area contributed by atoms with E-state index in [1.54, 1.807) is 0 Å². The van der Waals surface area contributed by atoms with Gasteiger partial charge < -0.3 is 15.5 Å². The number of aliphatic imine (C=N–C) groups is 1.